The molecule has 9 nitrogen and oxygen atoms in total. The van der Waals surface area contributed by atoms with Crippen LogP contribution in [0.1, 0.15) is 66.5 Å². The van der Waals surface area contributed by atoms with E-state index in [1.807, 2.05) is 12.1 Å². The molecule has 0 radical (unpaired) electrons. The Bertz CT molecular complexity index is 1240. The Morgan fingerprint density at radius 3 is 2.21 bits per heavy atom. The molecule has 1 heterocycles. The minimum atomic E-state index is -0.356. The summed E-state index contributed by atoms with van der Waals surface area (Å²) in [6.07, 6.45) is 3.49. The molecule has 0 saturated heterocycles. The minimum Gasteiger partial charge on any atom is -0.497 e. The zero-order chi connectivity index (χ0) is 27.8. The molecule has 2 atom stereocenters. The fraction of sp³-hybridized carbons (Fsp3) is 0.414. The summed E-state index contributed by atoms with van der Waals surface area (Å²) in [5.41, 5.74) is 2.16. The maximum absolute atomic E-state index is 13.0. The number of methoxy groups -OCH3 is 2. The molecule has 1 saturated carbocycles. The van der Waals surface area contributed by atoms with Crippen LogP contribution in [0, 0.1) is 0 Å². The summed E-state index contributed by atoms with van der Waals surface area (Å²) in [6, 6.07) is 12.4. The molecule has 208 valence electrons. The van der Waals surface area contributed by atoms with Gasteiger partial charge in [-0.25, -0.2) is 9.78 Å². The molecule has 0 spiro atoms. The summed E-state index contributed by atoms with van der Waals surface area (Å²) in [5.74, 6) is 2.12. The van der Waals surface area contributed by atoms with Crippen molar-refractivity contribution in [2.75, 3.05) is 19.5 Å². The van der Waals surface area contributed by atoms with Gasteiger partial charge in [0.25, 0.3) is 5.91 Å². The number of benzene rings is 2. The van der Waals surface area contributed by atoms with Crippen molar-refractivity contribution < 1.29 is 23.8 Å². The van der Waals surface area contributed by atoms with Crippen molar-refractivity contribution in [2.45, 2.75) is 64.1 Å². The van der Waals surface area contributed by atoms with Gasteiger partial charge in [-0.3, -0.25) is 4.79 Å². The van der Waals surface area contributed by atoms with E-state index in [0.29, 0.717) is 35.4 Å². The molecule has 0 aliphatic heterocycles. The number of ether oxygens (including phenoxy) is 3. The van der Waals surface area contributed by atoms with Crippen molar-refractivity contribution in [1.29, 1.82) is 0 Å². The lowest BCUT2D eigenvalue weighted by molar-refractivity contribution is 0.0911. The van der Waals surface area contributed by atoms with Crippen LogP contribution in [0.25, 0.3) is 0 Å². The quantitative estimate of drug-likeness (QED) is 0.296. The molecule has 1 aliphatic carbocycles. The molecule has 3 N–H and O–H groups in total. The maximum atomic E-state index is 13.0. The van der Waals surface area contributed by atoms with Gasteiger partial charge in [0.2, 0.25) is 0 Å². The largest absolute Gasteiger partial charge is 0.497 e. The average molecular weight is 553 g/mol. The molecule has 0 bridgehead atoms. The summed E-state index contributed by atoms with van der Waals surface area (Å²) < 4.78 is 16.4. The van der Waals surface area contributed by atoms with Gasteiger partial charge in [0.15, 0.2) is 0 Å². The molecule has 10 heteroatoms. The highest BCUT2D eigenvalue weighted by Crippen LogP contribution is 2.26. The van der Waals surface area contributed by atoms with Crippen molar-refractivity contribution in [3.05, 3.63) is 64.1 Å². The zero-order valence-electron chi connectivity index (χ0n) is 22.8. The van der Waals surface area contributed by atoms with Crippen molar-refractivity contribution in [1.82, 2.24) is 15.6 Å². The van der Waals surface area contributed by atoms with E-state index in [0.717, 1.165) is 36.4 Å². The lowest BCUT2D eigenvalue weighted by atomic mass is 9.90. The Morgan fingerprint density at radius 1 is 0.949 bits per heavy atom. The number of nitrogens with zero attached hydrogens (tertiary/aromatic N) is 1. The molecular weight excluding hydrogens is 516 g/mol. The number of aromatic nitrogens is 1. The van der Waals surface area contributed by atoms with E-state index in [2.05, 4.69) is 46.9 Å². The third kappa shape index (κ3) is 7.86. The molecule has 0 unspecified atom stereocenters. The molecule has 39 heavy (non-hydrogen) atoms. The fourth-order valence-corrected chi connectivity index (χ4v) is 5.19. The number of urea groups is 1. The van der Waals surface area contributed by atoms with E-state index in [1.165, 1.54) is 16.9 Å². The number of anilines is 1. The smallest absolute Gasteiger partial charge is 0.319 e. The Hall–Kier alpha value is -3.79. The van der Waals surface area contributed by atoms with Gasteiger partial charge in [0.05, 0.1) is 20.3 Å². The van der Waals surface area contributed by atoms with Crippen molar-refractivity contribution in [3.63, 3.8) is 0 Å². The van der Waals surface area contributed by atoms with Gasteiger partial charge in [-0.2, -0.15) is 0 Å². The monoisotopic (exact) mass is 552 g/mol. The third-order valence-electron chi connectivity index (χ3n) is 6.70. The molecule has 1 aromatic heterocycles. The Kier molecular flexibility index (Phi) is 9.64. The van der Waals surface area contributed by atoms with E-state index in [4.69, 9.17) is 14.2 Å². The van der Waals surface area contributed by atoms with Gasteiger partial charge in [0.1, 0.15) is 34.6 Å². The highest BCUT2D eigenvalue weighted by atomic mass is 32.1. The number of amides is 3. The standard InChI is InChI=1S/C29H36N4O5S/c1-18(2)19-9-11-21(12-10-19)38-16-27-31-26(17-39-27)28(34)32-24-7-5-6-8-25(24)33-29(35)30-20-13-22(36-3)15-23(14-20)37-4/h9-15,17-18,24-25H,5-8,16H2,1-4H3,(H,32,34)(H2,30,33,35)/t24-,25+/m1/s1. The first-order valence-corrected chi connectivity index (χ1v) is 14.0. The molecule has 1 aliphatic rings. The lowest BCUT2D eigenvalue weighted by Crippen LogP contribution is -2.54. The van der Waals surface area contributed by atoms with Gasteiger partial charge in [-0.05, 0) is 36.5 Å². The Morgan fingerprint density at radius 2 is 1.59 bits per heavy atom. The maximum Gasteiger partial charge on any atom is 0.319 e. The molecule has 2 aromatic carbocycles. The van der Waals surface area contributed by atoms with Crippen LogP contribution in [-0.2, 0) is 6.61 Å². The Balaban J connectivity index is 1.31. The van der Waals surface area contributed by atoms with Gasteiger partial charge < -0.3 is 30.2 Å². The number of carbonyl (C=O) groups is 2. The predicted octanol–water partition coefficient (Wildman–Crippen LogP) is 5.73. The predicted molar refractivity (Wildman–Crippen MR) is 152 cm³/mol. The van der Waals surface area contributed by atoms with Crippen LogP contribution in [0.4, 0.5) is 10.5 Å². The summed E-state index contributed by atoms with van der Waals surface area (Å²) in [6.45, 7) is 4.60. The first-order chi connectivity index (χ1) is 18.8. The SMILES string of the molecule is COc1cc(NC(=O)N[C@H]2CCCC[C@H]2NC(=O)c2csc(COc3ccc(C(C)C)cc3)n2)cc(OC)c1. The zero-order valence-corrected chi connectivity index (χ0v) is 23.6. The van der Waals surface area contributed by atoms with E-state index >= 15 is 0 Å². The normalized spacial score (nSPS) is 16.8. The van der Waals surface area contributed by atoms with E-state index in [9.17, 15) is 9.59 Å². The lowest BCUT2D eigenvalue weighted by Gasteiger charge is -2.32. The molecule has 3 aromatic rings. The first-order valence-electron chi connectivity index (χ1n) is 13.1. The minimum absolute atomic E-state index is 0.197. The number of rotatable bonds is 10. The molecule has 4 rings (SSSR count). The number of thiazole rings is 1. The van der Waals surface area contributed by atoms with E-state index in [-0.39, 0.29) is 24.0 Å². The second-order valence-corrected chi connectivity index (χ2v) is 10.8. The van der Waals surface area contributed by atoms with Crippen molar-refractivity contribution in [3.8, 4) is 17.2 Å². The fourth-order valence-electron chi connectivity index (χ4n) is 4.51. The van der Waals surface area contributed by atoms with E-state index < -0.39 is 0 Å². The van der Waals surface area contributed by atoms with Gasteiger partial charge in [-0.1, -0.05) is 38.8 Å². The number of hydrogen-bond acceptors (Lipinski definition) is 7. The first kappa shape index (κ1) is 28.2. The number of carbonyl (C=O) groups excluding carboxylic acids is 2. The molecule has 1 fully saturated rings. The van der Waals surface area contributed by atoms with Gasteiger partial charge in [0, 0.05) is 35.3 Å². The Labute approximate surface area is 233 Å². The van der Waals surface area contributed by atoms with Crippen LogP contribution < -0.4 is 30.2 Å². The molecule has 3 amide bonds. The van der Waals surface area contributed by atoms with Crippen LogP contribution in [0.15, 0.2) is 47.8 Å². The third-order valence-corrected chi connectivity index (χ3v) is 7.52. The topological polar surface area (TPSA) is 111 Å². The van der Waals surface area contributed by atoms with Crippen LogP contribution in [0.2, 0.25) is 0 Å². The van der Waals surface area contributed by atoms with Crippen molar-refractivity contribution in [2.24, 2.45) is 0 Å². The molecular formula is C29H36N4O5S. The second kappa shape index (κ2) is 13.3. The van der Waals surface area contributed by atoms with Gasteiger partial charge in [-0.15, -0.1) is 11.3 Å². The van der Waals surface area contributed by atoms with Crippen molar-refractivity contribution >= 4 is 29.0 Å². The van der Waals surface area contributed by atoms with Crippen LogP contribution >= 0.6 is 11.3 Å². The van der Waals surface area contributed by atoms with Crippen LogP contribution in [-0.4, -0.2) is 43.2 Å². The van der Waals surface area contributed by atoms with E-state index in [1.54, 1.807) is 37.8 Å². The summed E-state index contributed by atoms with van der Waals surface area (Å²) in [7, 11) is 3.11. The average Bonchev–Trinajstić information content (AvgIpc) is 3.42. The number of nitrogens with one attached hydrogen (secondary N) is 3. The second-order valence-electron chi connectivity index (χ2n) is 9.81. The van der Waals surface area contributed by atoms with Crippen LogP contribution in [0.3, 0.4) is 0 Å². The van der Waals surface area contributed by atoms with Crippen LogP contribution in [0.5, 0.6) is 17.2 Å². The highest BCUT2D eigenvalue weighted by Gasteiger charge is 2.29. The van der Waals surface area contributed by atoms with Gasteiger partial charge >= 0.3 is 6.03 Å². The number of hydrogen-bond donors (Lipinski definition) is 3. The summed E-state index contributed by atoms with van der Waals surface area (Å²) >= 11 is 1.39. The summed E-state index contributed by atoms with van der Waals surface area (Å²) in [4.78, 5) is 30.3. The summed E-state index contributed by atoms with van der Waals surface area (Å²) in [5, 5.41) is 11.4. The highest BCUT2D eigenvalue weighted by molar-refractivity contribution is 7.09.